The van der Waals surface area contributed by atoms with E-state index in [0.717, 1.165) is 21.6 Å². The summed E-state index contributed by atoms with van der Waals surface area (Å²) in [5.41, 5.74) is 1.44. The fraction of sp³-hybridized carbons (Fsp3) is 0.227. The number of sulfonamides is 1. The van der Waals surface area contributed by atoms with Gasteiger partial charge in [-0.3, -0.25) is 14.7 Å². The molecule has 11 heteroatoms. The van der Waals surface area contributed by atoms with Gasteiger partial charge in [-0.25, -0.2) is 13.4 Å². The predicted molar refractivity (Wildman–Crippen MR) is 131 cm³/mol. The summed E-state index contributed by atoms with van der Waals surface area (Å²) in [5, 5.41) is 2.71. The second-order valence-corrected chi connectivity index (χ2v) is 12.1. The van der Waals surface area contributed by atoms with Gasteiger partial charge in [0.1, 0.15) is 15.8 Å². The number of hydrogen-bond donors (Lipinski definition) is 0. The van der Waals surface area contributed by atoms with E-state index in [-0.39, 0.29) is 16.7 Å². The van der Waals surface area contributed by atoms with Crippen molar-refractivity contribution in [3.05, 3.63) is 70.8 Å². The Morgan fingerprint density at radius 1 is 1.21 bits per heavy atom. The van der Waals surface area contributed by atoms with Crippen molar-refractivity contribution < 1.29 is 13.2 Å². The third-order valence-corrected chi connectivity index (χ3v) is 10.1. The normalized spacial score (nSPS) is 16.9. The third kappa shape index (κ3) is 4.29. The number of thiophene rings is 1. The molecule has 1 amide bonds. The number of aromatic nitrogens is 2. The predicted octanol–water partition coefficient (Wildman–Crippen LogP) is 4.79. The van der Waals surface area contributed by atoms with Crippen LogP contribution in [0, 0.1) is 0 Å². The van der Waals surface area contributed by atoms with E-state index in [9.17, 15) is 13.2 Å². The van der Waals surface area contributed by atoms with Gasteiger partial charge in [-0.15, -0.1) is 11.3 Å². The largest absolute Gasteiger partial charge is 0.282 e. The van der Waals surface area contributed by atoms with E-state index in [0.29, 0.717) is 35.1 Å². The van der Waals surface area contributed by atoms with Crippen LogP contribution >= 0.6 is 34.3 Å². The van der Waals surface area contributed by atoms with Crippen LogP contribution in [0.1, 0.15) is 18.4 Å². The van der Waals surface area contributed by atoms with Gasteiger partial charge in [0.25, 0.3) is 10.0 Å². The summed E-state index contributed by atoms with van der Waals surface area (Å²) in [6.45, 7) is 0.538. The van der Waals surface area contributed by atoms with E-state index >= 15 is 0 Å². The van der Waals surface area contributed by atoms with Gasteiger partial charge >= 0.3 is 0 Å². The molecule has 0 N–H and O–H groups in total. The van der Waals surface area contributed by atoms with Crippen molar-refractivity contribution in [2.75, 3.05) is 11.4 Å². The number of hydrogen-bond acceptors (Lipinski definition) is 7. The Morgan fingerprint density at radius 3 is 2.82 bits per heavy atom. The summed E-state index contributed by atoms with van der Waals surface area (Å²) in [5.74, 6) is -0.299. The number of anilines is 1. The van der Waals surface area contributed by atoms with E-state index < -0.39 is 16.1 Å². The highest BCUT2D eigenvalue weighted by atomic mass is 35.5. The van der Waals surface area contributed by atoms with E-state index in [4.69, 9.17) is 11.6 Å². The number of amides is 1. The highest BCUT2D eigenvalue weighted by Crippen LogP contribution is 2.36. The molecule has 1 aromatic carbocycles. The number of rotatable bonds is 6. The average molecular weight is 519 g/mol. The van der Waals surface area contributed by atoms with Crippen molar-refractivity contribution in [1.82, 2.24) is 14.3 Å². The summed E-state index contributed by atoms with van der Waals surface area (Å²) >= 11 is 8.84. The van der Waals surface area contributed by atoms with Crippen molar-refractivity contribution in [3.63, 3.8) is 0 Å². The van der Waals surface area contributed by atoms with E-state index in [1.165, 1.54) is 15.6 Å². The number of nitrogens with zero attached hydrogens (tertiary/aromatic N) is 4. The zero-order chi connectivity index (χ0) is 23.0. The molecule has 1 aliphatic rings. The number of carbonyl (C=O) groups is 1. The molecule has 4 aromatic rings. The Kier molecular flexibility index (Phi) is 6.19. The molecule has 5 rings (SSSR count). The van der Waals surface area contributed by atoms with Gasteiger partial charge < -0.3 is 0 Å². The number of thiazole rings is 1. The van der Waals surface area contributed by atoms with Crippen molar-refractivity contribution in [2.45, 2.75) is 29.6 Å². The molecule has 170 valence electrons. The Bertz CT molecular complexity index is 1390. The van der Waals surface area contributed by atoms with Crippen LogP contribution in [0.4, 0.5) is 5.13 Å². The summed E-state index contributed by atoms with van der Waals surface area (Å²) in [4.78, 5) is 24.2. The lowest BCUT2D eigenvalue weighted by Crippen LogP contribution is -2.47. The summed E-state index contributed by atoms with van der Waals surface area (Å²) < 4.78 is 28.9. The minimum Gasteiger partial charge on any atom is -0.282 e. The standard InChI is InChI=1S/C22H19ClN4O3S3/c23-16-6-1-8-18-20(16)25-22(32-18)26(14-15-5-2-10-24-13-15)21(28)17-7-3-11-27(17)33(29,30)19-9-4-12-31-19/h1-2,4-6,8-10,12-13,17H,3,7,11,14H2. The quantitative estimate of drug-likeness (QED) is 0.366. The number of pyridine rings is 1. The molecule has 7 nitrogen and oxygen atoms in total. The maximum Gasteiger partial charge on any atom is 0.253 e. The molecule has 1 fully saturated rings. The SMILES string of the molecule is O=C(C1CCCN1S(=O)(=O)c1cccs1)N(Cc1cccnc1)c1nc2c(Cl)cccc2s1. The van der Waals surface area contributed by atoms with Crippen molar-refractivity contribution in [2.24, 2.45) is 0 Å². The smallest absolute Gasteiger partial charge is 0.253 e. The van der Waals surface area contributed by atoms with Crippen LogP contribution < -0.4 is 4.90 Å². The third-order valence-electron chi connectivity index (χ3n) is 5.47. The molecular formula is C22H19ClN4O3S3. The van der Waals surface area contributed by atoms with Crippen LogP contribution in [0.25, 0.3) is 10.2 Å². The highest BCUT2D eigenvalue weighted by Gasteiger charge is 2.42. The minimum absolute atomic E-state index is 0.230. The Balaban J connectivity index is 1.54. The molecule has 1 unspecified atom stereocenters. The van der Waals surface area contributed by atoms with Crippen molar-refractivity contribution in [3.8, 4) is 0 Å². The Labute approximate surface area is 204 Å². The van der Waals surface area contributed by atoms with Crippen molar-refractivity contribution >= 4 is 65.6 Å². The maximum atomic E-state index is 13.9. The summed E-state index contributed by atoms with van der Waals surface area (Å²) in [7, 11) is -3.76. The zero-order valence-electron chi connectivity index (χ0n) is 17.3. The molecular weight excluding hydrogens is 500 g/mol. The van der Waals surface area contributed by atoms with Gasteiger partial charge in [-0.05, 0) is 48.1 Å². The molecule has 0 aliphatic carbocycles. The van der Waals surface area contributed by atoms with Gasteiger partial charge in [0.05, 0.1) is 16.3 Å². The molecule has 33 heavy (non-hydrogen) atoms. The lowest BCUT2D eigenvalue weighted by atomic mass is 10.2. The zero-order valence-corrected chi connectivity index (χ0v) is 20.5. The Hall–Kier alpha value is -2.37. The second kappa shape index (κ2) is 9.11. The first-order valence-electron chi connectivity index (χ1n) is 10.3. The van der Waals surface area contributed by atoms with Gasteiger partial charge in [0.15, 0.2) is 5.13 Å². The fourth-order valence-corrected chi connectivity index (χ4v) is 7.95. The van der Waals surface area contributed by atoms with Gasteiger partial charge in [-0.1, -0.05) is 41.1 Å². The molecule has 4 heterocycles. The van der Waals surface area contributed by atoms with Crippen LogP contribution in [0.2, 0.25) is 5.02 Å². The maximum absolute atomic E-state index is 13.9. The molecule has 0 spiro atoms. The molecule has 1 atom stereocenters. The molecule has 0 radical (unpaired) electrons. The van der Waals surface area contributed by atoms with Crippen LogP contribution in [0.15, 0.2) is 64.4 Å². The average Bonchev–Trinajstić information content (AvgIpc) is 3.58. The molecule has 1 aliphatic heterocycles. The van der Waals surface area contributed by atoms with E-state index in [2.05, 4.69) is 9.97 Å². The first-order chi connectivity index (χ1) is 15.9. The van der Waals surface area contributed by atoms with Crippen LogP contribution in [0.5, 0.6) is 0 Å². The Morgan fingerprint density at radius 2 is 2.09 bits per heavy atom. The van der Waals surface area contributed by atoms with E-state index in [1.54, 1.807) is 46.9 Å². The lowest BCUT2D eigenvalue weighted by molar-refractivity contribution is -0.121. The van der Waals surface area contributed by atoms with Crippen LogP contribution in [0.3, 0.4) is 0 Å². The van der Waals surface area contributed by atoms with Gasteiger partial charge in [0.2, 0.25) is 5.91 Å². The summed E-state index contributed by atoms with van der Waals surface area (Å²) in [6.07, 6.45) is 4.43. The fourth-order valence-electron chi connectivity index (χ4n) is 3.91. The van der Waals surface area contributed by atoms with Crippen LogP contribution in [-0.4, -0.2) is 41.2 Å². The number of halogens is 1. The van der Waals surface area contributed by atoms with Gasteiger partial charge in [0, 0.05) is 18.9 Å². The monoisotopic (exact) mass is 518 g/mol. The highest BCUT2D eigenvalue weighted by molar-refractivity contribution is 7.91. The first-order valence-corrected chi connectivity index (χ1v) is 13.8. The molecule has 3 aromatic heterocycles. The lowest BCUT2D eigenvalue weighted by Gasteiger charge is -2.28. The number of benzene rings is 1. The first kappa shape index (κ1) is 22.4. The van der Waals surface area contributed by atoms with Crippen molar-refractivity contribution in [1.29, 1.82) is 0 Å². The molecule has 0 bridgehead atoms. The molecule has 1 saturated heterocycles. The number of fused-ring (bicyclic) bond motifs is 1. The molecule has 0 saturated carbocycles. The number of carbonyl (C=O) groups excluding carboxylic acids is 1. The van der Waals surface area contributed by atoms with Gasteiger partial charge in [-0.2, -0.15) is 4.31 Å². The van der Waals surface area contributed by atoms with E-state index in [1.807, 2.05) is 18.2 Å². The second-order valence-electron chi connectivity index (χ2n) is 7.57. The topological polar surface area (TPSA) is 83.5 Å². The van der Waals surface area contributed by atoms with Crippen LogP contribution in [-0.2, 0) is 21.4 Å². The number of para-hydroxylation sites is 1. The summed E-state index contributed by atoms with van der Waals surface area (Å²) in [6, 6.07) is 11.7. The minimum atomic E-state index is -3.76.